The molecule has 1 N–H and O–H groups in total. The number of nitrogens with one attached hydrogen (secondary N) is 1. The smallest absolute Gasteiger partial charge is 0.203 e. The van der Waals surface area contributed by atoms with E-state index in [1.807, 2.05) is 29.6 Å². The molecule has 4 rings (SSSR count). The Morgan fingerprint density at radius 2 is 1.93 bits per heavy atom. The number of thiazole rings is 1. The van der Waals surface area contributed by atoms with Gasteiger partial charge < -0.3 is 0 Å². The van der Waals surface area contributed by atoms with Gasteiger partial charge in [0.25, 0.3) is 0 Å². The van der Waals surface area contributed by atoms with Crippen molar-refractivity contribution in [2.24, 2.45) is 5.10 Å². The van der Waals surface area contributed by atoms with Gasteiger partial charge in [0, 0.05) is 15.4 Å². The van der Waals surface area contributed by atoms with E-state index in [1.54, 1.807) is 11.0 Å². The Kier molecular flexibility index (Phi) is 5.59. The Hall–Kier alpha value is -2.84. The lowest BCUT2D eigenvalue weighted by Crippen LogP contribution is -2.14. The highest BCUT2D eigenvalue weighted by atomic mass is 79.9. The van der Waals surface area contributed by atoms with Gasteiger partial charge in [0.1, 0.15) is 12.7 Å². The molecule has 8 heteroatoms. The second kappa shape index (κ2) is 8.45. The number of hydrogen-bond acceptors (Lipinski definition) is 6. The molecule has 28 heavy (non-hydrogen) atoms. The molecule has 0 spiro atoms. The number of anilines is 1. The van der Waals surface area contributed by atoms with Crippen LogP contribution in [0.15, 0.2) is 76.1 Å². The molecule has 0 amide bonds. The third-order valence-electron chi connectivity index (χ3n) is 4.09. The first-order valence-corrected chi connectivity index (χ1v) is 10.3. The molecule has 0 atom stereocenters. The molecule has 2 heterocycles. The van der Waals surface area contributed by atoms with Gasteiger partial charge in [-0.05, 0) is 24.6 Å². The van der Waals surface area contributed by atoms with E-state index < -0.39 is 0 Å². The van der Waals surface area contributed by atoms with E-state index in [4.69, 9.17) is 0 Å². The molecular weight excluding hydrogens is 436 g/mol. The average molecular weight is 453 g/mol. The van der Waals surface area contributed by atoms with Gasteiger partial charge >= 0.3 is 0 Å². The first-order valence-electron chi connectivity index (χ1n) is 8.61. The molecule has 0 saturated heterocycles. The van der Waals surface area contributed by atoms with Gasteiger partial charge in [0.15, 0.2) is 0 Å². The molecule has 0 bridgehead atoms. The Bertz CT molecular complexity index is 1070. The fourth-order valence-corrected chi connectivity index (χ4v) is 3.52. The van der Waals surface area contributed by atoms with E-state index in [-0.39, 0.29) is 0 Å². The third-order valence-corrected chi connectivity index (χ3v) is 5.37. The second-order valence-electron chi connectivity index (χ2n) is 6.17. The van der Waals surface area contributed by atoms with Crippen molar-refractivity contribution >= 4 is 38.1 Å². The minimum absolute atomic E-state index is 0.515. The van der Waals surface area contributed by atoms with Crippen molar-refractivity contribution in [3.63, 3.8) is 0 Å². The molecule has 2 aromatic heterocycles. The molecule has 0 aliphatic carbocycles. The number of halogens is 1. The maximum Gasteiger partial charge on any atom is 0.203 e. The Morgan fingerprint density at radius 3 is 2.64 bits per heavy atom. The van der Waals surface area contributed by atoms with Crippen molar-refractivity contribution in [3.05, 3.63) is 82.2 Å². The maximum absolute atomic E-state index is 4.64. The van der Waals surface area contributed by atoms with Crippen molar-refractivity contribution in [2.45, 2.75) is 13.5 Å². The van der Waals surface area contributed by atoms with Crippen LogP contribution in [0.25, 0.3) is 11.3 Å². The summed E-state index contributed by atoms with van der Waals surface area (Å²) >= 11 is 4.98. The topological polar surface area (TPSA) is 68.0 Å². The van der Waals surface area contributed by atoms with Crippen molar-refractivity contribution in [2.75, 3.05) is 5.43 Å². The maximum atomic E-state index is 4.64. The predicted octanol–water partition coefficient (Wildman–Crippen LogP) is 4.99. The zero-order chi connectivity index (χ0) is 19.3. The van der Waals surface area contributed by atoms with E-state index in [0.717, 1.165) is 32.1 Å². The van der Waals surface area contributed by atoms with Gasteiger partial charge in [-0.15, -0.1) is 11.3 Å². The lowest BCUT2D eigenvalue weighted by Gasteiger charge is -2.07. The zero-order valence-electron chi connectivity index (χ0n) is 15.1. The molecule has 0 aliphatic rings. The minimum Gasteiger partial charge on any atom is -0.252 e. The van der Waals surface area contributed by atoms with E-state index in [0.29, 0.717) is 6.54 Å². The molecule has 0 radical (unpaired) electrons. The van der Waals surface area contributed by atoms with Crippen LogP contribution in [0.1, 0.15) is 11.1 Å². The fourth-order valence-electron chi connectivity index (χ4n) is 2.60. The van der Waals surface area contributed by atoms with E-state index in [2.05, 4.69) is 72.7 Å². The van der Waals surface area contributed by atoms with Gasteiger partial charge in [0.05, 0.1) is 18.0 Å². The number of aromatic nitrogens is 4. The molecule has 2 aromatic carbocycles. The summed E-state index contributed by atoms with van der Waals surface area (Å²) in [4.78, 5) is 8.64. The van der Waals surface area contributed by atoms with Crippen LogP contribution >= 0.6 is 27.3 Å². The van der Waals surface area contributed by atoms with E-state index in [9.17, 15) is 0 Å². The highest BCUT2D eigenvalue weighted by Crippen LogP contribution is 2.26. The van der Waals surface area contributed by atoms with Crippen LogP contribution < -0.4 is 5.43 Å². The number of hydrazone groups is 1. The highest BCUT2D eigenvalue weighted by molar-refractivity contribution is 9.10. The summed E-state index contributed by atoms with van der Waals surface area (Å²) in [7, 11) is 0. The number of rotatable bonds is 6. The van der Waals surface area contributed by atoms with Gasteiger partial charge in [-0.2, -0.15) is 10.2 Å². The molecule has 4 aromatic rings. The summed E-state index contributed by atoms with van der Waals surface area (Å²) < 4.78 is 2.79. The predicted molar refractivity (Wildman–Crippen MR) is 117 cm³/mol. The fraction of sp³-hybridized carbons (Fsp3) is 0.100. The van der Waals surface area contributed by atoms with E-state index in [1.165, 1.54) is 23.2 Å². The molecule has 140 valence electrons. The lowest BCUT2D eigenvalue weighted by atomic mass is 10.1. The molecular formula is C20H17BrN6S. The molecule has 0 unspecified atom stereocenters. The van der Waals surface area contributed by atoms with Gasteiger partial charge in [-0.25, -0.2) is 14.6 Å². The number of benzene rings is 2. The van der Waals surface area contributed by atoms with E-state index >= 15 is 0 Å². The van der Waals surface area contributed by atoms with Gasteiger partial charge in [-0.3, -0.25) is 5.43 Å². The highest BCUT2D eigenvalue weighted by Gasteiger charge is 2.08. The number of aryl methyl sites for hydroxylation is 1. The van der Waals surface area contributed by atoms with Crippen LogP contribution in [0, 0.1) is 6.92 Å². The zero-order valence-corrected chi connectivity index (χ0v) is 17.5. The standard InChI is InChI=1S/C20H17BrN6S/c1-14-2-4-15(5-3-14)18(10-27-13-22-12-23-27)25-26-20-24-19(11-28-20)16-6-8-17(21)9-7-16/h2-9,11-13H,10H2,1H3,(H,24,26)/b25-18-. The van der Waals surface area contributed by atoms with Crippen molar-refractivity contribution in [1.29, 1.82) is 0 Å². The van der Waals surface area contributed by atoms with Crippen molar-refractivity contribution in [3.8, 4) is 11.3 Å². The lowest BCUT2D eigenvalue weighted by molar-refractivity contribution is 0.721. The van der Waals surface area contributed by atoms with Crippen LogP contribution in [0.4, 0.5) is 5.13 Å². The monoisotopic (exact) mass is 452 g/mol. The molecule has 0 fully saturated rings. The normalized spacial score (nSPS) is 11.6. The number of hydrogen-bond donors (Lipinski definition) is 1. The van der Waals surface area contributed by atoms with Crippen LogP contribution in [0.3, 0.4) is 0 Å². The summed E-state index contributed by atoms with van der Waals surface area (Å²) in [5, 5.41) is 11.5. The largest absolute Gasteiger partial charge is 0.252 e. The summed E-state index contributed by atoms with van der Waals surface area (Å²) in [6.07, 6.45) is 3.20. The Morgan fingerprint density at radius 1 is 1.14 bits per heavy atom. The second-order valence-corrected chi connectivity index (χ2v) is 7.95. The summed E-state index contributed by atoms with van der Waals surface area (Å²) in [6.45, 7) is 2.58. The molecule has 0 aliphatic heterocycles. The SMILES string of the molecule is Cc1ccc(/C(Cn2cncn2)=N\Nc2nc(-c3ccc(Br)cc3)cs2)cc1. The third kappa shape index (κ3) is 4.52. The van der Waals surface area contributed by atoms with Crippen LogP contribution in [-0.2, 0) is 6.54 Å². The van der Waals surface area contributed by atoms with Crippen molar-refractivity contribution in [1.82, 2.24) is 19.7 Å². The van der Waals surface area contributed by atoms with Crippen LogP contribution in [-0.4, -0.2) is 25.5 Å². The molecule has 6 nitrogen and oxygen atoms in total. The van der Waals surface area contributed by atoms with Gasteiger partial charge in [0.2, 0.25) is 5.13 Å². The van der Waals surface area contributed by atoms with Crippen LogP contribution in [0.5, 0.6) is 0 Å². The summed E-state index contributed by atoms with van der Waals surface area (Å²) in [5.74, 6) is 0. The average Bonchev–Trinajstić information content (AvgIpc) is 3.38. The molecule has 0 saturated carbocycles. The Balaban J connectivity index is 1.56. The Labute approximate surface area is 175 Å². The number of nitrogens with zero attached hydrogens (tertiary/aromatic N) is 5. The first kappa shape index (κ1) is 18.5. The summed E-state index contributed by atoms with van der Waals surface area (Å²) in [5.41, 5.74) is 8.17. The minimum atomic E-state index is 0.515. The summed E-state index contributed by atoms with van der Waals surface area (Å²) in [6, 6.07) is 16.3. The first-order chi connectivity index (χ1) is 13.7. The van der Waals surface area contributed by atoms with Crippen LogP contribution in [0.2, 0.25) is 0 Å². The quantitative estimate of drug-likeness (QED) is 0.330. The van der Waals surface area contributed by atoms with Crippen molar-refractivity contribution < 1.29 is 0 Å². The van der Waals surface area contributed by atoms with Gasteiger partial charge in [-0.1, -0.05) is 57.9 Å².